The molecule has 0 amide bonds. The van der Waals surface area contributed by atoms with Crippen LogP contribution in [0.4, 0.5) is 11.8 Å². The Morgan fingerprint density at radius 1 is 1.24 bits per heavy atom. The molecule has 2 N–H and O–H groups in total. The summed E-state index contributed by atoms with van der Waals surface area (Å²) in [6.45, 7) is 1.96. The Hall–Kier alpha value is -2.05. The van der Waals surface area contributed by atoms with Crippen LogP contribution in [-0.2, 0) is 0 Å². The van der Waals surface area contributed by atoms with Crippen molar-refractivity contribution in [3.63, 3.8) is 0 Å². The van der Waals surface area contributed by atoms with Gasteiger partial charge in [0.15, 0.2) is 0 Å². The summed E-state index contributed by atoms with van der Waals surface area (Å²) in [5.41, 5.74) is 1.22. The maximum Gasteiger partial charge on any atom is 0.228 e. The molecule has 21 heavy (non-hydrogen) atoms. The van der Waals surface area contributed by atoms with Gasteiger partial charge in [-0.2, -0.15) is 0 Å². The number of nitrogens with zero attached hydrogens (tertiary/aromatic N) is 4. The Morgan fingerprint density at radius 3 is 2.90 bits per heavy atom. The van der Waals surface area contributed by atoms with E-state index in [1.54, 1.807) is 24.7 Å². The summed E-state index contributed by atoms with van der Waals surface area (Å²) in [4.78, 5) is 14.9. The van der Waals surface area contributed by atoms with Gasteiger partial charge >= 0.3 is 0 Å². The van der Waals surface area contributed by atoms with Crippen molar-refractivity contribution in [3.8, 4) is 0 Å². The van der Waals surface area contributed by atoms with Crippen LogP contribution in [0.25, 0.3) is 0 Å². The van der Waals surface area contributed by atoms with Crippen molar-refractivity contribution < 1.29 is 5.11 Å². The van der Waals surface area contributed by atoms with Gasteiger partial charge < -0.3 is 10.4 Å². The summed E-state index contributed by atoms with van der Waals surface area (Å²) < 4.78 is 0. The van der Waals surface area contributed by atoms with Crippen LogP contribution in [0.2, 0.25) is 0 Å². The number of β-amino-alcohol motifs (C(OH)–C–C–N with tert-alkyl or cyclic N) is 1. The van der Waals surface area contributed by atoms with E-state index >= 15 is 0 Å². The summed E-state index contributed by atoms with van der Waals surface area (Å²) in [6, 6.07) is 6.21. The molecule has 0 saturated carbocycles. The van der Waals surface area contributed by atoms with E-state index in [1.807, 2.05) is 12.1 Å². The van der Waals surface area contributed by atoms with Crippen molar-refractivity contribution in [1.29, 1.82) is 0 Å². The maximum absolute atomic E-state index is 9.16. The zero-order valence-electron chi connectivity index (χ0n) is 11.8. The minimum atomic E-state index is 0.199. The molecule has 1 unspecified atom stereocenters. The number of anilines is 2. The molecule has 6 heteroatoms. The Labute approximate surface area is 123 Å². The third kappa shape index (κ3) is 3.34. The van der Waals surface area contributed by atoms with Gasteiger partial charge in [0.05, 0.1) is 6.61 Å². The van der Waals surface area contributed by atoms with Gasteiger partial charge in [0, 0.05) is 31.2 Å². The van der Waals surface area contributed by atoms with E-state index in [0.717, 1.165) is 31.7 Å². The van der Waals surface area contributed by atoms with Crippen LogP contribution in [-0.4, -0.2) is 44.7 Å². The van der Waals surface area contributed by atoms with Crippen LogP contribution < -0.4 is 5.32 Å². The van der Waals surface area contributed by atoms with Gasteiger partial charge in [-0.05, 0) is 43.1 Å². The van der Waals surface area contributed by atoms with Crippen LogP contribution in [0.3, 0.4) is 0 Å². The standard InChI is InChI=1S/C15H19N5O/c21-10-9-20-8-1-3-13(20)12-4-7-16-14(11-12)19-15-17-5-2-6-18-15/h2,4-7,11,13,21H,1,3,8-10H2,(H,16,17,18,19). The first-order chi connectivity index (χ1) is 10.4. The number of aliphatic hydroxyl groups excluding tert-OH is 1. The number of rotatable bonds is 5. The van der Waals surface area contributed by atoms with E-state index in [1.165, 1.54) is 5.56 Å². The molecule has 1 aliphatic heterocycles. The molecule has 0 spiro atoms. The number of pyridine rings is 1. The smallest absolute Gasteiger partial charge is 0.228 e. The fourth-order valence-electron chi connectivity index (χ4n) is 2.80. The van der Waals surface area contributed by atoms with Crippen LogP contribution in [0.15, 0.2) is 36.8 Å². The van der Waals surface area contributed by atoms with E-state index in [-0.39, 0.29) is 6.61 Å². The maximum atomic E-state index is 9.16. The second-order valence-electron chi connectivity index (χ2n) is 5.09. The normalized spacial score (nSPS) is 18.8. The molecule has 0 radical (unpaired) electrons. The van der Waals surface area contributed by atoms with Gasteiger partial charge in [0.2, 0.25) is 5.95 Å². The van der Waals surface area contributed by atoms with Crippen LogP contribution in [0.1, 0.15) is 24.4 Å². The minimum absolute atomic E-state index is 0.199. The molecule has 1 saturated heterocycles. The second kappa shape index (κ2) is 6.60. The topological polar surface area (TPSA) is 74.2 Å². The Balaban J connectivity index is 1.77. The van der Waals surface area contributed by atoms with Gasteiger partial charge in [0.1, 0.15) is 5.82 Å². The SMILES string of the molecule is OCCN1CCCC1c1ccnc(Nc2ncccn2)c1. The molecule has 1 atom stereocenters. The molecule has 1 aliphatic rings. The van der Waals surface area contributed by atoms with Gasteiger partial charge in [-0.1, -0.05) is 0 Å². The largest absolute Gasteiger partial charge is 0.395 e. The summed E-state index contributed by atoms with van der Waals surface area (Å²) in [6.07, 6.45) is 7.47. The van der Waals surface area contributed by atoms with Crippen LogP contribution >= 0.6 is 0 Å². The molecule has 0 bridgehead atoms. The second-order valence-corrected chi connectivity index (χ2v) is 5.09. The highest BCUT2D eigenvalue weighted by Crippen LogP contribution is 2.32. The summed E-state index contributed by atoms with van der Waals surface area (Å²) >= 11 is 0. The van der Waals surface area contributed by atoms with Crippen molar-refractivity contribution >= 4 is 11.8 Å². The molecule has 0 aromatic carbocycles. The lowest BCUT2D eigenvalue weighted by atomic mass is 10.1. The minimum Gasteiger partial charge on any atom is -0.395 e. The van der Waals surface area contributed by atoms with Gasteiger partial charge in [0.25, 0.3) is 0 Å². The number of nitrogens with one attached hydrogen (secondary N) is 1. The van der Waals surface area contributed by atoms with E-state index in [0.29, 0.717) is 12.0 Å². The molecular formula is C15H19N5O. The van der Waals surface area contributed by atoms with Crippen molar-refractivity contribution in [2.75, 3.05) is 25.0 Å². The van der Waals surface area contributed by atoms with Crippen LogP contribution in [0.5, 0.6) is 0 Å². The molecule has 1 fully saturated rings. The molecule has 6 nitrogen and oxygen atoms in total. The summed E-state index contributed by atoms with van der Waals surface area (Å²) in [5, 5.41) is 12.3. The van der Waals surface area contributed by atoms with E-state index in [2.05, 4.69) is 25.2 Å². The predicted molar refractivity (Wildman–Crippen MR) is 80.2 cm³/mol. The monoisotopic (exact) mass is 285 g/mol. The number of likely N-dealkylation sites (tertiary alicyclic amines) is 1. The van der Waals surface area contributed by atoms with Crippen molar-refractivity contribution in [2.45, 2.75) is 18.9 Å². The zero-order chi connectivity index (χ0) is 14.5. The van der Waals surface area contributed by atoms with Gasteiger partial charge in [-0.3, -0.25) is 4.90 Å². The number of hydrogen-bond donors (Lipinski definition) is 2. The third-order valence-corrected chi connectivity index (χ3v) is 3.73. The van der Waals surface area contributed by atoms with E-state index in [9.17, 15) is 0 Å². The highest BCUT2D eigenvalue weighted by molar-refractivity contribution is 5.48. The average molecular weight is 285 g/mol. The highest BCUT2D eigenvalue weighted by Gasteiger charge is 2.25. The lowest BCUT2D eigenvalue weighted by molar-refractivity contribution is 0.185. The molecule has 110 valence electrons. The summed E-state index contributed by atoms with van der Waals surface area (Å²) in [7, 11) is 0. The van der Waals surface area contributed by atoms with Crippen molar-refractivity contribution in [1.82, 2.24) is 19.9 Å². The predicted octanol–water partition coefficient (Wildman–Crippen LogP) is 1.74. The van der Waals surface area contributed by atoms with E-state index in [4.69, 9.17) is 5.11 Å². The lowest BCUT2D eigenvalue weighted by Crippen LogP contribution is -2.26. The molecule has 3 heterocycles. The Morgan fingerprint density at radius 2 is 2.10 bits per heavy atom. The quantitative estimate of drug-likeness (QED) is 0.871. The first-order valence-electron chi connectivity index (χ1n) is 7.22. The number of aromatic nitrogens is 3. The zero-order valence-corrected chi connectivity index (χ0v) is 11.8. The first-order valence-corrected chi connectivity index (χ1v) is 7.22. The Kier molecular flexibility index (Phi) is 4.37. The molecule has 0 aliphatic carbocycles. The average Bonchev–Trinajstić information content (AvgIpc) is 2.97. The molecule has 2 aromatic heterocycles. The van der Waals surface area contributed by atoms with Crippen molar-refractivity contribution in [2.24, 2.45) is 0 Å². The van der Waals surface area contributed by atoms with E-state index < -0.39 is 0 Å². The molecule has 2 aromatic rings. The third-order valence-electron chi connectivity index (χ3n) is 3.73. The molecular weight excluding hydrogens is 266 g/mol. The van der Waals surface area contributed by atoms with Crippen molar-refractivity contribution in [3.05, 3.63) is 42.4 Å². The number of hydrogen-bond acceptors (Lipinski definition) is 6. The Bertz CT molecular complexity index is 577. The van der Waals surface area contributed by atoms with Crippen LogP contribution in [0, 0.1) is 0 Å². The molecule has 3 rings (SSSR count). The van der Waals surface area contributed by atoms with Gasteiger partial charge in [-0.25, -0.2) is 15.0 Å². The summed E-state index contributed by atoms with van der Waals surface area (Å²) in [5.74, 6) is 1.29. The fraction of sp³-hybridized carbons (Fsp3) is 0.400. The first kappa shape index (κ1) is 13.9. The van der Waals surface area contributed by atoms with Gasteiger partial charge in [-0.15, -0.1) is 0 Å². The highest BCUT2D eigenvalue weighted by atomic mass is 16.3. The lowest BCUT2D eigenvalue weighted by Gasteiger charge is -2.24. The fourth-order valence-corrected chi connectivity index (χ4v) is 2.80. The number of aliphatic hydroxyl groups is 1.